The van der Waals surface area contributed by atoms with E-state index >= 15 is 0 Å². The molecule has 3 aromatic rings. The topological polar surface area (TPSA) is 34.4 Å². The lowest BCUT2D eigenvalue weighted by molar-refractivity contribution is 0.112. The fourth-order valence-electron chi connectivity index (χ4n) is 2.14. The van der Waals surface area contributed by atoms with E-state index in [0.29, 0.717) is 12.1 Å². The first-order chi connectivity index (χ1) is 9.28. The molecule has 0 saturated heterocycles. The predicted molar refractivity (Wildman–Crippen MR) is 77.5 cm³/mol. The summed E-state index contributed by atoms with van der Waals surface area (Å²) in [6.45, 7) is 0. The van der Waals surface area contributed by atoms with Crippen LogP contribution >= 0.6 is 15.9 Å². The van der Waals surface area contributed by atoms with E-state index in [4.69, 9.17) is 0 Å². The highest BCUT2D eigenvalue weighted by molar-refractivity contribution is 9.10. The summed E-state index contributed by atoms with van der Waals surface area (Å²) in [7, 11) is 0. The molecule has 0 amide bonds. The van der Waals surface area contributed by atoms with Gasteiger partial charge in [-0.3, -0.25) is 4.79 Å². The van der Waals surface area contributed by atoms with Gasteiger partial charge >= 0.3 is 0 Å². The first-order valence-corrected chi connectivity index (χ1v) is 6.73. The van der Waals surface area contributed by atoms with Crippen molar-refractivity contribution in [2.24, 2.45) is 0 Å². The van der Waals surface area contributed by atoms with E-state index in [1.165, 1.54) is 5.56 Å². The number of aromatic nitrogens is 2. The van der Waals surface area contributed by atoms with Crippen LogP contribution in [0.1, 0.15) is 21.9 Å². The first kappa shape index (κ1) is 12.1. The van der Waals surface area contributed by atoms with Gasteiger partial charge in [0.1, 0.15) is 11.5 Å². The van der Waals surface area contributed by atoms with Crippen LogP contribution in [0.25, 0.3) is 5.52 Å². The van der Waals surface area contributed by atoms with Crippen LogP contribution in [0, 0.1) is 0 Å². The molecule has 0 radical (unpaired) electrons. The standard InChI is InChI=1S/C15H11BrN2O/c16-12-6-7-14-13(10-19)17-15(18(14)9-12)8-11-4-2-1-3-5-11/h1-7,9-10H,8H2. The van der Waals surface area contributed by atoms with Crippen molar-refractivity contribution in [3.8, 4) is 0 Å². The van der Waals surface area contributed by atoms with E-state index in [9.17, 15) is 4.79 Å². The van der Waals surface area contributed by atoms with Crippen molar-refractivity contribution in [2.45, 2.75) is 6.42 Å². The summed E-state index contributed by atoms with van der Waals surface area (Å²) < 4.78 is 2.92. The summed E-state index contributed by atoms with van der Waals surface area (Å²) in [6, 6.07) is 13.9. The van der Waals surface area contributed by atoms with Gasteiger partial charge in [0.25, 0.3) is 0 Å². The highest BCUT2D eigenvalue weighted by Gasteiger charge is 2.10. The van der Waals surface area contributed by atoms with Gasteiger partial charge in [-0.2, -0.15) is 0 Å². The number of pyridine rings is 1. The number of hydrogen-bond acceptors (Lipinski definition) is 2. The average molecular weight is 315 g/mol. The van der Waals surface area contributed by atoms with Crippen molar-refractivity contribution in [3.05, 3.63) is 70.2 Å². The number of rotatable bonds is 3. The third-order valence-electron chi connectivity index (χ3n) is 3.02. The fraction of sp³-hybridized carbons (Fsp3) is 0.0667. The Morgan fingerprint density at radius 3 is 2.68 bits per heavy atom. The number of halogens is 1. The number of carbonyl (C=O) groups is 1. The second kappa shape index (κ2) is 4.97. The largest absolute Gasteiger partial charge is 0.302 e. The van der Waals surface area contributed by atoms with Crippen LogP contribution in [0.2, 0.25) is 0 Å². The number of carbonyl (C=O) groups excluding carboxylic acids is 1. The maximum atomic E-state index is 11.1. The normalized spacial score (nSPS) is 10.8. The van der Waals surface area contributed by atoms with Crippen molar-refractivity contribution >= 4 is 27.7 Å². The maximum Gasteiger partial charge on any atom is 0.170 e. The molecule has 0 atom stereocenters. The van der Waals surface area contributed by atoms with Crippen molar-refractivity contribution in [1.82, 2.24) is 9.38 Å². The molecular weight excluding hydrogens is 304 g/mol. The number of nitrogens with zero attached hydrogens (tertiary/aromatic N) is 2. The van der Waals surface area contributed by atoms with Crippen molar-refractivity contribution in [3.63, 3.8) is 0 Å². The zero-order valence-corrected chi connectivity index (χ0v) is 11.7. The van der Waals surface area contributed by atoms with Crippen LogP contribution in [0.3, 0.4) is 0 Å². The minimum absolute atomic E-state index is 0.485. The summed E-state index contributed by atoms with van der Waals surface area (Å²) in [5, 5.41) is 0. The lowest BCUT2D eigenvalue weighted by Gasteiger charge is -2.02. The van der Waals surface area contributed by atoms with Gasteiger partial charge in [-0.05, 0) is 33.6 Å². The third-order valence-corrected chi connectivity index (χ3v) is 3.49. The summed E-state index contributed by atoms with van der Waals surface area (Å²) in [5.74, 6) is 0.865. The van der Waals surface area contributed by atoms with Gasteiger partial charge in [-0.1, -0.05) is 30.3 Å². The molecule has 0 spiro atoms. The van der Waals surface area contributed by atoms with Gasteiger partial charge in [0.2, 0.25) is 0 Å². The van der Waals surface area contributed by atoms with Crippen LogP contribution in [0.5, 0.6) is 0 Å². The molecule has 4 heteroatoms. The smallest absolute Gasteiger partial charge is 0.170 e. The van der Waals surface area contributed by atoms with E-state index in [1.54, 1.807) is 0 Å². The van der Waals surface area contributed by atoms with Crippen molar-refractivity contribution in [2.75, 3.05) is 0 Å². The number of fused-ring (bicyclic) bond motifs is 1. The zero-order valence-electron chi connectivity index (χ0n) is 10.1. The monoisotopic (exact) mass is 314 g/mol. The number of imidazole rings is 1. The molecule has 0 aliphatic heterocycles. The molecule has 0 aliphatic carbocycles. The molecule has 2 aromatic heterocycles. The van der Waals surface area contributed by atoms with Crippen molar-refractivity contribution < 1.29 is 4.79 Å². The Labute approximate surface area is 119 Å². The molecule has 2 heterocycles. The van der Waals surface area contributed by atoms with E-state index in [2.05, 4.69) is 33.0 Å². The van der Waals surface area contributed by atoms with Crippen LogP contribution in [0.4, 0.5) is 0 Å². The zero-order chi connectivity index (χ0) is 13.2. The van der Waals surface area contributed by atoms with Gasteiger partial charge in [-0.15, -0.1) is 0 Å². The molecule has 0 saturated carbocycles. The highest BCUT2D eigenvalue weighted by atomic mass is 79.9. The Morgan fingerprint density at radius 2 is 1.95 bits per heavy atom. The molecule has 3 rings (SSSR count). The van der Waals surface area contributed by atoms with Crippen LogP contribution < -0.4 is 0 Å². The summed E-state index contributed by atoms with van der Waals surface area (Å²) in [4.78, 5) is 15.5. The second-order valence-corrected chi connectivity index (χ2v) is 5.21. The Bertz CT molecular complexity index is 734. The molecule has 3 nitrogen and oxygen atoms in total. The minimum Gasteiger partial charge on any atom is -0.302 e. The molecular formula is C15H11BrN2O. The molecule has 1 aromatic carbocycles. The highest BCUT2D eigenvalue weighted by Crippen LogP contribution is 2.18. The molecule has 0 N–H and O–H groups in total. The maximum absolute atomic E-state index is 11.1. The lowest BCUT2D eigenvalue weighted by atomic mass is 10.1. The SMILES string of the molecule is O=Cc1nc(Cc2ccccc2)n2cc(Br)ccc12. The quantitative estimate of drug-likeness (QED) is 0.693. The predicted octanol–water partition coefficient (Wildman–Crippen LogP) is 3.50. The van der Waals surface area contributed by atoms with E-state index in [0.717, 1.165) is 22.1 Å². The fourth-order valence-corrected chi connectivity index (χ4v) is 2.47. The van der Waals surface area contributed by atoms with Crippen molar-refractivity contribution in [1.29, 1.82) is 0 Å². The molecule has 0 bridgehead atoms. The molecule has 19 heavy (non-hydrogen) atoms. The van der Waals surface area contributed by atoms with Gasteiger partial charge in [-0.25, -0.2) is 4.98 Å². The average Bonchev–Trinajstić information content (AvgIpc) is 2.77. The minimum atomic E-state index is 0.485. The Balaban J connectivity index is 2.13. The van der Waals surface area contributed by atoms with Gasteiger partial charge in [0.15, 0.2) is 6.29 Å². The molecule has 0 fully saturated rings. The summed E-state index contributed by atoms with van der Waals surface area (Å²) >= 11 is 3.45. The van der Waals surface area contributed by atoms with E-state index < -0.39 is 0 Å². The van der Waals surface area contributed by atoms with E-state index in [1.807, 2.05) is 40.9 Å². The van der Waals surface area contributed by atoms with Gasteiger partial charge in [0.05, 0.1) is 5.52 Å². The molecule has 0 unspecified atom stereocenters. The first-order valence-electron chi connectivity index (χ1n) is 5.93. The van der Waals surface area contributed by atoms with E-state index in [-0.39, 0.29) is 0 Å². The third kappa shape index (κ3) is 2.31. The Morgan fingerprint density at radius 1 is 1.16 bits per heavy atom. The van der Waals surface area contributed by atoms with Gasteiger partial charge < -0.3 is 4.40 Å². The lowest BCUT2D eigenvalue weighted by Crippen LogP contribution is -1.96. The number of aldehydes is 1. The van der Waals surface area contributed by atoms with Crippen LogP contribution in [-0.4, -0.2) is 15.7 Å². The summed E-state index contributed by atoms with van der Waals surface area (Å²) in [6.07, 6.45) is 3.44. The van der Waals surface area contributed by atoms with Gasteiger partial charge in [0, 0.05) is 17.1 Å². The Kier molecular flexibility index (Phi) is 3.17. The number of hydrogen-bond donors (Lipinski definition) is 0. The van der Waals surface area contributed by atoms with Crippen LogP contribution in [0.15, 0.2) is 53.1 Å². The molecule has 94 valence electrons. The second-order valence-electron chi connectivity index (χ2n) is 4.30. The molecule has 0 aliphatic rings. The Hall–Kier alpha value is -1.94. The number of benzene rings is 1. The van der Waals surface area contributed by atoms with Crippen LogP contribution in [-0.2, 0) is 6.42 Å². The summed E-state index contributed by atoms with van der Waals surface area (Å²) in [5.41, 5.74) is 2.49.